The van der Waals surface area contributed by atoms with Crippen molar-refractivity contribution in [3.63, 3.8) is 0 Å². The Morgan fingerprint density at radius 2 is 1.86 bits per heavy atom. The second-order valence-corrected chi connectivity index (χ2v) is 6.77. The lowest BCUT2D eigenvalue weighted by Crippen LogP contribution is -2.18. The molecule has 0 spiro atoms. The molecule has 0 unspecified atom stereocenters. The molecule has 0 atom stereocenters. The monoisotopic (exact) mass is 395 g/mol. The number of halogens is 1. The number of carbonyl (C=O) groups excluding carboxylic acids is 1. The molecule has 0 bridgehead atoms. The Hall–Kier alpha value is -2.73. The van der Waals surface area contributed by atoms with E-state index in [0.29, 0.717) is 29.5 Å². The number of aliphatic hydroxyl groups is 1. The normalized spacial score (nSPS) is 10.7. The summed E-state index contributed by atoms with van der Waals surface area (Å²) in [5.41, 5.74) is 4.80. The molecule has 144 valence electrons. The van der Waals surface area contributed by atoms with Gasteiger partial charge < -0.3 is 15.7 Å². The molecule has 1 heterocycles. The van der Waals surface area contributed by atoms with Crippen LogP contribution in [0, 0.1) is 6.92 Å². The molecular weight excluding hydrogens is 374 g/mol. The molecule has 0 aliphatic rings. The molecule has 5 nitrogen and oxygen atoms in total. The van der Waals surface area contributed by atoms with Gasteiger partial charge in [-0.25, -0.2) is 0 Å². The maximum Gasteiger partial charge on any atom is 0.274 e. The average molecular weight is 396 g/mol. The maximum absolute atomic E-state index is 12.6. The van der Waals surface area contributed by atoms with Gasteiger partial charge in [0.1, 0.15) is 5.69 Å². The minimum atomic E-state index is -0.321. The van der Waals surface area contributed by atoms with Gasteiger partial charge in [-0.15, -0.1) is 0 Å². The van der Waals surface area contributed by atoms with Crippen molar-refractivity contribution < 1.29 is 9.90 Å². The number of rotatable bonds is 7. The van der Waals surface area contributed by atoms with Gasteiger partial charge in [0, 0.05) is 24.8 Å². The van der Waals surface area contributed by atoms with Crippen molar-refractivity contribution in [2.75, 3.05) is 18.5 Å². The fourth-order valence-corrected chi connectivity index (χ4v) is 3.15. The van der Waals surface area contributed by atoms with Crippen LogP contribution in [0.4, 0.5) is 5.69 Å². The summed E-state index contributed by atoms with van der Waals surface area (Å²) in [5, 5.41) is 15.2. The lowest BCUT2D eigenvalue weighted by Gasteiger charge is -2.13. The molecule has 2 aromatic carbocycles. The van der Waals surface area contributed by atoms with Gasteiger partial charge in [-0.05, 0) is 35.7 Å². The minimum Gasteiger partial charge on any atom is -0.395 e. The molecule has 0 fully saturated rings. The fraction of sp³-hybridized carbons (Fsp3) is 0.182. The number of aliphatic hydroxyl groups excluding tert-OH is 1. The molecule has 0 aliphatic carbocycles. The highest BCUT2D eigenvalue weighted by atomic mass is 35.5. The Balaban J connectivity index is 1.76. The number of benzene rings is 2. The van der Waals surface area contributed by atoms with Crippen LogP contribution in [0.15, 0.2) is 60.8 Å². The second kappa shape index (κ2) is 9.46. The molecular formula is C22H22ClN3O2. The predicted molar refractivity (Wildman–Crippen MR) is 113 cm³/mol. The summed E-state index contributed by atoms with van der Waals surface area (Å²) < 4.78 is 0. The van der Waals surface area contributed by atoms with E-state index in [0.717, 1.165) is 22.3 Å². The highest BCUT2D eigenvalue weighted by Gasteiger charge is 2.14. The van der Waals surface area contributed by atoms with Gasteiger partial charge in [0.25, 0.3) is 5.91 Å². The highest BCUT2D eigenvalue weighted by Crippen LogP contribution is 2.35. The van der Waals surface area contributed by atoms with Gasteiger partial charge >= 0.3 is 0 Å². The Labute approximate surface area is 169 Å². The summed E-state index contributed by atoms with van der Waals surface area (Å²) in [4.78, 5) is 16.8. The summed E-state index contributed by atoms with van der Waals surface area (Å²) in [5.74, 6) is -0.321. The van der Waals surface area contributed by atoms with E-state index in [1.165, 1.54) is 0 Å². The molecule has 0 saturated carbocycles. The Morgan fingerprint density at radius 3 is 2.57 bits per heavy atom. The third-order valence-electron chi connectivity index (χ3n) is 4.36. The molecule has 3 N–H and O–H groups in total. The topological polar surface area (TPSA) is 74.2 Å². The van der Waals surface area contributed by atoms with Gasteiger partial charge in [0.05, 0.1) is 17.3 Å². The van der Waals surface area contributed by atoms with Crippen LogP contribution in [-0.4, -0.2) is 29.1 Å². The standard InChI is InChI=1S/C22H22ClN3O2/c1-15-5-2-3-6-17(15)18-7-4-8-19(21(18)23)26-22(28)20-10-9-16(14-25-20)13-24-11-12-27/h2-10,14,24,27H,11-13H2,1H3,(H,26,28). The number of hydrogen-bond donors (Lipinski definition) is 3. The van der Waals surface area contributed by atoms with Crippen molar-refractivity contribution in [2.24, 2.45) is 0 Å². The van der Waals surface area contributed by atoms with Crippen molar-refractivity contribution in [3.05, 3.63) is 82.6 Å². The van der Waals surface area contributed by atoms with E-state index in [1.54, 1.807) is 18.3 Å². The van der Waals surface area contributed by atoms with Gasteiger partial charge in [0.15, 0.2) is 0 Å². The van der Waals surface area contributed by atoms with Crippen molar-refractivity contribution in [3.8, 4) is 11.1 Å². The molecule has 3 rings (SSSR count). The van der Waals surface area contributed by atoms with E-state index in [-0.39, 0.29) is 12.5 Å². The minimum absolute atomic E-state index is 0.0796. The van der Waals surface area contributed by atoms with E-state index in [4.69, 9.17) is 16.7 Å². The van der Waals surface area contributed by atoms with E-state index >= 15 is 0 Å². The number of anilines is 1. The first-order valence-corrected chi connectivity index (χ1v) is 9.40. The average Bonchev–Trinajstić information content (AvgIpc) is 2.71. The third-order valence-corrected chi connectivity index (χ3v) is 4.76. The number of hydrogen-bond acceptors (Lipinski definition) is 4. The van der Waals surface area contributed by atoms with E-state index in [2.05, 4.69) is 15.6 Å². The molecule has 28 heavy (non-hydrogen) atoms. The van der Waals surface area contributed by atoms with Crippen LogP contribution in [0.3, 0.4) is 0 Å². The van der Waals surface area contributed by atoms with E-state index in [9.17, 15) is 4.79 Å². The third kappa shape index (κ3) is 4.75. The van der Waals surface area contributed by atoms with Gasteiger partial charge in [0.2, 0.25) is 0 Å². The van der Waals surface area contributed by atoms with Crippen molar-refractivity contribution in [1.82, 2.24) is 10.3 Å². The second-order valence-electron chi connectivity index (χ2n) is 6.39. The van der Waals surface area contributed by atoms with Crippen molar-refractivity contribution >= 4 is 23.2 Å². The zero-order valence-electron chi connectivity index (χ0n) is 15.6. The van der Waals surface area contributed by atoms with Crippen LogP contribution >= 0.6 is 11.6 Å². The summed E-state index contributed by atoms with van der Waals surface area (Å²) in [6, 6.07) is 17.1. The molecule has 3 aromatic rings. The van der Waals surface area contributed by atoms with E-state index in [1.807, 2.05) is 49.4 Å². The highest BCUT2D eigenvalue weighted by molar-refractivity contribution is 6.36. The number of nitrogens with one attached hydrogen (secondary N) is 2. The summed E-state index contributed by atoms with van der Waals surface area (Å²) in [6.07, 6.45) is 1.64. The lowest BCUT2D eigenvalue weighted by molar-refractivity contribution is 0.102. The van der Waals surface area contributed by atoms with Crippen LogP contribution < -0.4 is 10.6 Å². The molecule has 0 saturated heterocycles. The number of pyridine rings is 1. The molecule has 0 aliphatic heterocycles. The van der Waals surface area contributed by atoms with E-state index < -0.39 is 0 Å². The summed E-state index contributed by atoms with van der Waals surface area (Å²) in [7, 11) is 0. The Kier molecular flexibility index (Phi) is 6.76. The number of amides is 1. The van der Waals surface area contributed by atoms with Crippen LogP contribution in [0.1, 0.15) is 21.6 Å². The number of aryl methyl sites for hydroxylation is 1. The molecule has 1 aromatic heterocycles. The number of nitrogens with zero attached hydrogens (tertiary/aromatic N) is 1. The smallest absolute Gasteiger partial charge is 0.274 e. The number of aromatic nitrogens is 1. The Bertz CT molecular complexity index is 958. The van der Waals surface area contributed by atoms with Crippen LogP contribution in [0.25, 0.3) is 11.1 Å². The maximum atomic E-state index is 12.6. The zero-order valence-corrected chi connectivity index (χ0v) is 16.3. The van der Waals surface area contributed by atoms with Crippen LogP contribution in [0.5, 0.6) is 0 Å². The van der Waals surface area contributed by atoms with Crippen LogP contribution in [0.2, 0.25) is 5.02 Å². The molecule has 6 heteroatoms. The van der Waals surface area contributed by atoms with Gasteiger partial charge in [-0.1, -0.05) is 54.1 Å². The zero-order chi connectivity index (χ0) is 19.9. The van der Waals surface area contributed by atoms with Crippen molar-refractivity contribution in [2.45, 2.75) is 13.5 Å². The lowest BCUT2D eigenvalue weighted by atomic mass is 10.00. The first-order valence-electron chi connectivity index (χ1n) is 9.02. The summed E-state index contributed by atoms with van der Waals surface area (Å²) >= 11 is 6.58. The van der Waals surface area contributed by atoms with Gasteiger partial charge in [-0.3, -0.25) is 9.78 Å². The van der Waals surface area contributed by atoms with Gasteiger partial charge in [-0.2, -0.15) is 0 Å². The molecule has 1 amide bonds. The van der Waals surface area contributed by atoms with Crippen LogP contribution in [-0.2, 0) is 6.54 Å². The number of carbonyl (C=O) groups is 1. The quantitative estimate of drug-likeness (QED) is 0.528. The largest absolute Gasteiger partial charge is 0.395 e. The Morgan fingerprint density at radius 1 is 1.07 bits per heavy atom. The molecule has 0 radical (unpaired) electrons. The first kappa shape index (κ1) is 20.0. The summed E-state index contributed by atoms with van der Waals surface area (Å²) in [6.45, 7) is 3.20. The predicted octanol–water partition coefficient (Wildman–Crippen LogP) is 4.04. The first-order chi connectivity index (χ1) is 13.6. The fourth-order valence-electron chi connectivity index (χ4n) is 2.87. The SMILES string of the molecule is Cc1ccccc1-c1cccc(NC(=O)c2ccc(CNCCO)cn2)c1Cl. The van der Waals surface area contributed by atoms with Crippen molar-refractivity contribution in [1.29, 1.82) is 0 Å².